The fourth-order valence-corrected chi connectivity index (χ4v) is 1.88. The third-order valence-electron chi connectivity index (χ3n) is 2.95. The normalized spacial score (nSPS) is 20.1. The lowest BCUT2D eigenvalue weighted by Crippen LogP contribution is -2.49. The quantitative estimate of drug-likeness (QED) is 0.701. The van der Waals surface area contributed by atoms with Gasteiger partial charge in [-0.3, -0.25) is 4.79 Å². The number of aliphatic carboxylic acids is 1. The number of methoxy groups -OCH3 is 1. The second-order valence-corrected chi connectivity index (χ2v) is 4.04. The zero-order valence-corrected chi connectivity index (χ0v) is 9.08. The Bertz CT molecular complexity index is 255. The predicted molar refractivity (Wildman–Crippen MR) is 53.4 cm³/mol. The summed E-state index contributed by atoms with van der Waals surface area (Å²) in [6.45, 7) is 1.32. The van der Waals surface area contributed by atoms with E-state index in [2.05, 4.69) is 5.32 Å². The van der Waals surface area contributed by atoms with Gasteiger partial charge in [-0.25, -0.2) is 4.79 Å². The number of ether oxygens (including phenoxy) is 1. The number of carbonyl (C=O) groups excluding carboxylic acids is 1. The molecule has 1 unspecified atom stereocenters. The van der Waals surface area contributed by atoms with Crippen molar-refractivity contribution in [3.8, 4) is 0 Å². The van der Waals surface area contributed by atoms with E-state index in [4.69, 9.17) is 9.84 Å². The lowest BCUT2D eigenvalue weighted by atomic mass is 9.75. The number of carboxylic acid groups (broad SMARTS) is 1. The molecule has 0 aliphatic heterocycles. The van der Waals surface area contributed by atoms with Crippen LogP contribution in [0.2, 0.25) is 0 Å². The smallest absolute Gasteiger partial charge is 0.326 e. The van der Waals surface area contributed by atoms with Gasteiger partial charge in [0.05, 0.1) is 5.60 Å². The molecular formula is C10H17NO4. The Hall–Kier alpha value is -1.10. The number of amides is 1. The molecule has 1 fully saturated rings. The fourth-order valence-electron chi connectivity index (χ4n) is 1.88. The van der Waals surface area contributed by atoms with E-state index in [0.717, 1.165) is 19.3 Å². The van der Waals surface area contributed by atoms with Crippen molar-refractivity contribution in [3.05, 3.63) is 0 Å². The van der Waals surface area contributed by atoms with Crippen LogP contribution in [0, 0.1) is 0 Å². The minimum absolute atomic E-state index is 0.326. The third-order valence-corrected chi connectivity index (χ3v) is 2.95. The molecule has 1 aliphatic carbocycles. The lowest BCUT2D eigenvalue weighted by molar-refractivity contribution is -0.146. The van der Waals surface area contributed by atoms with Crippen molar-refractivity contribution in [2.75, 3.05) is 7.11 Å². The number of hydrogen-bond donors (Lipinski definition) is 2. The van der Waals surface area contributed by atoms with Crippen molar-refractivity contribution in [2.24, 2.45) is 0 Å². The van der Waals surface area contributed by atoms with Crippen molar-refractivity contribution >= 4 is 11.9 Å². The molecule has 1 rings (SSSR count). The minimum Gasteiger partial charge on any atom is -0.480 e. The Kier molecular flexibility index (Phi) is 3.68. The Morgan fingerprint density at radius 3 is 2.40 bits per heavy atom. The molecule has 0 aromatic rings. The van der Waals surface area contributed by atoms with Gasteiger partial charge in [-0.2, -0.15) is 0 Å². The summed E-state index contributed by atoms with van der Waals surface area (Å²) in [6, 6.07) is -0.845. The van der Waals surface area contributed by atoms with Gasteiger partial charge in [0.2, 0.25) is 5.91 Å². The first-order valence-electron chi connectivity index (χ1n) is 5.04. The van der Waals surface area contributed by atoms with E-state index in [1.807, 2.05) is 0 Å². The molecule has 0 aromatic carbocycles. The van der Waals surface area contributed by atoms with Gasteiger partial charge in [0.25, 0.3) is 0 Å². The first-order valence-corrected chi connectivity index (χ1v) is 5.04. The van der Waals surface area contributed by atoms with Crippen molar-refractivity contribution in [1.29, 1.82) is 0 Å². The maximum atomic E-state index is 10.9. The first kappa shape index (κ1) is 12.0. The number of rotatable bonds is 5. The number of carboxylic acids is 1. The predicted octanol–water partition coefficient (Wildman–Crippen LogP) is 0.535. The van der Waals surface area contributed by atoms with Gasteiger partial charge in [0.1, 0.15) is 6.04 Å². The van der Waals surface area contributed by atoms with Gasteiger partial charge in [-0.15, -0.1) is 0 Å². The second kappa shape index (κ2) is 4.61. The zero-order valence-electron chi connectivity index (χ0n) is 9.08. The van der Waals surface area contributed by atoms with Crippen LogP contribution in [-0.2, 0) is 14.3 Å². The SMILES string of the molecule is COC1(CC(NC(C)=O)C(=O)O)CCC1. The van der Waals surface area contributed by atoms with Crippen LogP contribution in [0.25, 0.3) is 0 Å². The molecule has 1 atom stereocenters. The third kappa shape index (κ3) is 2.92. The van der Waals surface area contributed by atoms with Crippen LogP contribution in [0.3, 0.4) is 0 Å². The second-order valence-electron chi connectivity index (χ2n) is 4.04. The molecule has 2 N–H and O–H groups in total. The van der Waals surface area contributed by atoms with Crippen LogP contribution >= 0.6 is 0 Å². The summed E-state index contributed by atoms with van der Waals surface area (Å²) in [5, 5.41) is 11.3. The zero-order chi connectivity index (χ0) is 11.5. The van der Waals surface area contributed by atoms with Crippen molar-refractivity contribution < 1.29 is 19.4 Å². The van der Waals surface area contributed by atoms with E-state index >= 15 is 0 Å². The standard InChI is InChI=1S/C10H17NO4/c1-7(12)11-8(9(13)14)6-10(15-2)4-3-5-10/h8H,3-6H2,1-2H3,(H,11,12)(H,13,14). The highest BCUT2D eigenvalue weighted by molar-refractivity contribution is 5.82. The van der Waals surface area contributed by atoms with E-state index in [1.54, 1.807) is 7.11 Å². The van der Waals surface area contributed by atoms with Gasteiger partial charge in [-0.1, -0.05) is 0 Å². The highest BCUT2D eigenvalue weighted by Gasteiger charge is 2.41. The topological polar surface area (TPSA) is 75.6 Å². The molecule has 0 spiro atoms. The molecule has 0 aromatic heterocycles. The molecule has 0 bridgehead atoms. The largest absolute Gasteiger partial charge is 0.480 e. The molecule has 5 nitrogen and oxygen atoms in total. The lowest BCUT2D eigenvalue weighted by Gasteiger charge is -2.42. The summed E-state index contributed by atoms with van der Waals surface area (Å²) in [5.41, 5.74) is -0.342. The van der Waals surface area contributed by atoms with Gasteiger partial charge in [0, 0.05) is 20.5 Å². The Morgan fingerprint density at radius 2 is 2.13 bits per heavy atom. The van der Waals surface area contributed by atoms with E-state index in [-0.39, 0.29) is 11.5 Å². The molecule has 1 amide bonds. The highest BCUT2D eigenvalue weighted by Crippen LogP contribution is 2.38. The van der Waals surface area contributed by atoms with Crippen LogP contribution in [0.15, 0.2) is 0 Å². The van der Waals surface area contributed by atoms with E-state index in [0.29, 0.717) is 6.42 Å². The Balaban J connectivity index is 2.57. The summed E-state index contributed by atoms with van der Waals surface area (Å²) in [5.74, 6) is -1.33. The van der Waals surface area contributed by atoms with Crippen LogP contribution in [0.1, 0.15) is 32.6 Å². The first-order chi connectivity index (χ1) is 6.99. The van der Waals surface area contributed by atoms with Crippen LogP contribution in [-0.4, -0.2) is 35.7 Å². The summed E-state index contributed by atoms with van der Waals surface area (Å²) in [7, 11) is 1.59. The summed E-state index contributed by atoms with van der Waals surface area (Å²) in [4.78, 5) is 21.7. The number of hydrogen-bond acceptors (Lipinski definition) is 3. The molecule has 0 heterocycles. The monoisotopic (exact) mass is 215 g/mol. The Morgan fingerprint density at radius 1 is 1.53 bits per heavy atom. The summed E-state index contributed by atoms with van der Waals surface area (Å²) < 4.78 is 5.32. The van der Waals surface area contributed by atoms with Crippen LogP contribution in [0.4, 0.5) is 0 Å². The van der Waals surface area contributed by atoms with Crippen LogP contribution in [0.5, 0.6) is 0 Å². The van der Waals surface area contributed by atoms with E-state index in [1.165, 1.54) is 6.92 Å². The van der Waals surface area contributed by atoms with E-state index in [9.17, 15) is 9.59 Å². The van der Waals surface area contributed by atoms with Crippen LogP contribution < -0.4 is 5.32 Å². The maximum Gasteiger partial charge on any atom is 0.326 e. The molecule has 5 heteroatoms. The minimum atomic E-state index is -1.01. The molecule has 0 saturated heterocycles. The molecule has 1 aliphatic rings. The Labute approximate surface area is 88.8 Å². The number of nitrogens with one attached hydrogen (secondary N) is 1. The average molecular weight is 215 g/mol. The molecule has 86 valence electrons. The van der Waals surface area contributed by atoms with Gasteiger partial charge >= 0.3 is 5.97 Å². The molecule has 15 heavy (non-hydrogen) atoms. The van der Waals surface area contributed by atoms with Crippen molar-refractivity contribution in [1.82, 2.24) is 5.32 Å². The summed E-state index contributed by atoms with van der Waals surface area (Å²) in [6.07, 6.45) is 3.14. The molecular weight excluding hydrogens is 198 g/mol. The van der Waals surface area contributed by atoms with Crippen molar-refractivity contribution in [3.63, 3.8) is 0 Å². The maximum absolute atomic E-state index is 10.9. The molecule has 1 saturated carbocycles. The van der Waals surface area contributed by atoms with E-state index < -0.39 is 12.0 Å². The van der Waals surface area contributed by atoms with Gasteiger partial charge in [-0.05, 0) is 19.3 Å². The number of carbonyl (C=O) groups is 2. The molecule has 0 radical (unpaired) electrons. The summed E-state index contributed by atoms with van der Waals surface area (Å²) >= 11 is 0. The average Bonchev–Trinajstić information content (AvgIpc) is 2.08. The van der Waals surface area contributed by atoms with Gasteiger partial charge in [0.15, 0.2) is 0 Å². The van der Waals surface area contributed by atoms with Crippen molar-refractivity contribution in [2.45, 2.75) is 44.2 Å². The fraction of sp³-hybridized carbons (Fsp3) is 0.800. The highest BCUT2D eigenvalue weighted by atomic mass is 16.5. The van der Waals surface area contributed by atoms with Gasteiger partial charge < -0.3 is 15.2 Å².